The summed E-state index contributed by atoms with van der Waals surface area (Å²) in [7, 11) is 0. The first-order chi connectivity index (χ1) is 6.42. The molecule has 0 saturated carbocycles. The molecular formula is C12H20O2. The molecule has 0 N–H and O–H groups in total. The lowest BCUT2D eigenvalue weighted by Gasteiger charge is -2.34. The Morgan fingerprint density at radius 3 is 2.79 bits per heavy atom. The van der Waals surface area contributed by atoms with E-state index in [1.165, 1.54) is 18.9 Å². The average molecular weight is 196 g/mol. The van der Waals surface area contributed by atoms with Crippen molar-refractivity contribution < 1.29 is 9.53 Å². The quantitative estimate of drug-likeness (QED) is 0.501. The Morgan fingerprint density at radius 1 is 1.64 bits per heavy atom. The smallest absolute Gasteiger partial charge is 0.302 e. The van der Waals surface area contributed by atoms with E-state index in [1.54, 1.807) is 0 Å². The number of hydrogen-bond donors (Lipinski definition) is 0. The molecule has 1 atom stereocenters. The van der Waals surface area contributed by atoms with Crippen molar-refractivity contribution in [1.82, 2.24) is 0 Å². The molecule has 0 aliphatic heterocycles. The van der Waals surface area contributed by atoms with Crippen LogP contribution in [0.5, 0.6) is 0 Å². The zero-order valence-electron chi connectivity index (χ0n) is 9.59. The van der Waals surface area contributed by atoms with Gasteiger partial charge in [-0.25, -0.2) is 0 Å². The third-order valence-electron chi connectivity index (χ3n) is 2.93. The molecule has 0 amide bonds. The van der Waals surface area contributed by atoms with Crippen molar-refractivity contribution in [3.8, 4) is 0 Å². The van der Waals surface area contributed by atoms with E-state index < -0.39 is 0 Å². The van der Waals surface area contributed by atoms with Gasteiger partial charge in [0.2, 0.25) is 0 Å². The van der Waals surface area contributed by atoms with Crippen LogP contribution in [0.1, 0.15) is 40.5 Å². The molecule has 0 aromatic heterocycles. The van der Waals surface area contributed by atoms with E-state index in [9.17, 15) is 4.79 Å². The largest absolute Gasteiger partial charge is 0.461 e. The summed E-state index contributed by atoms with van der Waals surface area (Å²) in [4.78, 5) is 10.7. The van der Waals surface area contributed by atoms with Gasteiger partial charge in [-0.05, 0) is 29.7 Å². The van der Waals surface area contributed by atoms with Crippen molar-refractivity contribution in [2.24, 2.45) is 11.3 Å². The fraction of sp³-hybridized carbons (Fsp3) is 0.750. The van der Waals surface area contributed by atoms with Crippen LogP contribution in [0.2, 0.25) is 0 Å². The van der Waals surface area contributed by atoms with Gasteiger partial charge in [-0.15, -0.1) is 0 Å². The molecule has 80 valence electrons. The molecule has 14 heavy (non-hydrogen) atoms. The van der Waals surface area contributed by atoms with Gasteiger partial charge in [0.1, 0.15) is 6.61 Å². The number of rotatable bonds is 2. The van der Waals surface area contributed by atoms with Gasteiger partial charge in [-0.3, -0.25) is 4.79 Å². The fourth-order valence-corrected chi connectivity index (χ4v) is 2.14. The van der Waals surface area contributed by atoms with Crippen molar-refractivity contribution in [2.75, 3.05) is 6.61 Å². The van der Waals surface area contributed by atoms with Crippen LogP contribution in [0, 0.1) is 11.3 Å². The molecule has 0 saturated heterocycles. The second kappa shape index (κ2) is 4.16. The molecule has 0 fully saturated rings. The Morgan fingerprint density at radius 2 is 2.29 bits per heavy atom. The molecule has 1 unspecified atom stereocenters. The Hall–Kier alpha value is -0.790. The molecule has 0 spiro atoms. The summed E-state index contributed by atoms with van der Waals surface area (Å²) in [5.41, 5.74) is 1.46. The second-order valence-corrected chi connectivity index (χ2v) is 4.94. The summed E-state index contributed by atoms with van der Waals surface area (Å²) in [5.74, 6) is 0.548. The average Bonchev–Trinajstić information content (AvgIpc) is 2.00. The zero-order chi connectivity index (χ0) is 10.8. The van der Waals surface area contributed by atoms with Gasteiger partial charge in [0.05, 0.1) is 0 Å². The third-order valence-corrected chi connectivity index (χ3v) is 2.93. The fourth-order valence-electron chi connectivity index (χ4n) is 2.14. The zero-order valence-corrected chi connectivity index (χ0v) is 9.59. The molecule has 0 bridgehead atoms. The standard InChI is InChI=1S/C12H20O2/c1-9-5-6-11(8-14-10(2)13)12(3,4)7-9/h6,9H,5,7-8H2,1-4H3. The van der Waals surface area contributed by atoms with Gasteiger partial charge in [0, 0.05) is 6.92 Å². The third kappa shape index (κ3) is 2.86. The van der Waals surface area contributed by atoms with Crippen LogP contribution in [-0.2, 0) is 9.53 Å². The minimum Gasteiger partial charge on any atom is -0.461 e. The maximum atomic E-state index is 10.7. The predicted octanol–water partition coefficient (Wildman–Crippen LogP) is 2.93. The number of carbonyl (C=O) groups is 1. The first kappa shape index (κ1) is 11.3. The number of allylic oxidation sites excluding steroid dienone is 1. The minimum absolute atomic E-state index is 0.188. The van der Waals surface area contributed by atoms with E-state index >= 15 is 0 Å². The molecule has 1 aliphatic carbocycles. The maximum absolute atomic E-state index is 10.7. The van der Waals surface area contributed by atoms with E-state index in [0.717, 1.165) is 12.3 Å². The molecule has 0 heterocycles. The number of carbonyl (C=O) groups excluding carboxylic acids is 1. The van der Waals surface area contributed by atoms with Crippen LogP contribution in [-0.4, -0.2) is 12.6 Å². The van der Waals surface area contributed by atoms with E-state index in [-0.39, 0.29) is 11.4 Å². The van der Waals surface area contributed by atoms with E-state index in [1.807, 2.05) is 0 Å². The summed E-state index contributed by atoms with van der Waals surface area (Å²) in [6.45, 7) is 8.63. The highest BCUT2D eigenvalue weighted by molar-refractivity contribution is 5.66. The number of ether oxygens (including phenoxy) is 1. The summed E-state index contributed by atoms with van der Waals surface area (Å²) < 4.78 is 5.04. The molecule has 0 aromatic rings. The van der Waals surface area contributed by atoms with Crippen molar-refractivity contribution >= 4 is 5.97 Å². The topological polar surface area (TPSA) is 26.3 Å². The van der Waals surface area contributed by atoms with Gasteiger partial charge in [-0.1, -0.05) is 26.8 Å². The highest BCUT2D eigenvalue weighted by Gasteiger charge is 2.29. The summed E-state index contributed by atoms with van der Waals surface area (Å²) in [6, 6.07) is 0. The monoisotopic (exact) mass is 196 g/mol. The van der Waals surface area contributed by atoms with Crippen molar-refractivity contribution in [2.45, 2.75) is 40.5 Å². The molecule has 0 aromatic carbocycles. The van der Waals surface area contributed by atoms with Gasteiger partial charge in [-0.2, -0.15) is 0 Å². The van der Waals surface area contributed by atoms with Gasteiger partial charge < -0.3 is 4.74 Å². The predicted molar refractivity (Wildman–Crippen MR) is 56.9 cm³/mol. The van der Waals surface area contributed by atoms with Crippen molar-refractivity contribution in [3.63, 3.8) is 0 Å². The Balaban J connectivity index is 2.62. The number of esters is 1. The van der Waals surface area contributed by atoms with Crippen LogP contribution in [0.15, 0.2) is 11.6 Å². The van der Waals surface area contributed by atoms with Gasteiger partial charge >= 0.3 is 5.97 Å². The van der Waals surface area contributed by atoms with E-state index in [2.05, 4.69) is 26.8 Å². The summed E-state index contributed by atoms with van der Waals surface area (Å²) in [5, 5.41) is 0. The molecule has 1 aliphatic rings. The van der Waals surface area contributed by atoms with Crippen LogP contribution in [0.3, 0.4) is 0 Å². The highest BCUT2D eigenvalue weighted by atomic mass is 16.5. The normalized spacial score (nSPS) is 25.4. The first-order valence-corrected chi connectivity index (χ1v) is 5.24. The molecule has 0 radical (unpaired) electrons. The summed E-state index contributed by atoms with van der Waals surface area (Å²) >= 11 is 0. The Labute approximate surface area is 86.3 Å². The van der Waals surface area contributed by atoms with Crippen LogP contribution in [0.25, 0.3) is 0 Å². The van der Waals surface area contributed by atoms with Gasteiger partial charge in [0.15, 0.2) is 0 Å². The van der Waals surface area contributed by atoms with Crippen molar-refractivity contribution in [1.29, 1.82) is 0 Å². The SMILES string of the molecule is CC(=O)OCC1=CCC(C)CC1(C)C. The first-order valence-electron chi connectivity index (χ1n) is 5.24. The molecule has 2 nitrogen and oxygen atoms in total. The molecule has 1 rings (SSSR count). The van der Waals surface area contributed by atoms with Crippen LogP contribution < -0.4 is 0 Å². The lowest BCUT2D eigenvalue weighted by molar-refractivity contribution is -0.140. The molecular weight excluding hydrogens is 176 g/mol. The maximum Gasteiger partial charge on any atom is 0.302 e. The number of hydrogen-bond acceptors (Lipinski definition) is 2. The lowest BCUT2D eigenvalue weighted by atomic mass is 9.72. The second-order valence-electron chi connectivity index (χ2n) is 4.94. The van der Waals surface area contributed by atoms with Gasteiger partial charge in [0.25, 0.3) is 0 Å². The highest BCUT2D eigenvalue weighted by Crippen LogP contribution is 2.39. The lowest BCUT2D eigenvalue weighted by Crippen LogP contribution is -2.25. The molecule has 2 heteroatoms. The van der Waals surface area contributed by atoms with Crippen molar-refractivity contribution in [3.05, 3.63) is 11.6 Å². The van der Waals surface area contributed by atoms with Crippen LogP contribution in [0.4, 0.5) is 0 Å². The minimum atomic E-state index is -0.194. The van der Waals surface area contributed by atoms with E-state index in [0.29, 0.717) is 6.61 Å². The van der Waals surface area contributed by atoms with E-state index in [4.69, 9.17) is 4.74 Å². The van der Waals surface area contributed by atoms with Crippen LogP contribution >= 0.6 is 0 Å². The Bertz CT molecular complexity index is 251. The summed E-state index contributed by atoms with van der Waals surface area (Å²) in [6.07, 6.45) is 4.53. The Kier molecular flexibility index (Phi) is 3.35.